The van der Waals surface area contributed by atoms with E-state index in [-0.39, 0.29) is 6.03 Å². The maximum Gasteiger partial charge on any atom is 0.326 e. The number of benzene rings is 2. The third-order valence-electron chi connectivity index (χ3n) is 5.74. The number of thiophene rings is 1. The predicted octanol–water partition coefficient (Wildman–Crippen LogP) is 5.91. The van der Waals surface area contributed by atoms with Crippen molar-refractivity contribution in [3.8, 4) is 22.2 Å². The van der Waals surface area contributed by atoms with E-state index in [4.69, 9.17) is 14.0 Å². The number of methoxy groups -OCH3 is 1. The van der Waals surface area contributed by atoms with Gasteiger partial charge in [0.15, 0.2) is 0 Å². The highest BCUT2D eigenvalue weighted by Crippen LogP contribution is 2.40. The van der Waals surface area contributed by atoms with Crippen LogP contribution in [0, 0.1) is 0 Å². The van der Waals surface area contributed by atoms with Crippen molar-refractivity contribution in [2.24, 2.45) is 0 Å². The molecule has 0 saturated heterocycles. The van der Waals surface area contributed by atoms with Crippen LogP contribution in [-0.2, 0) is 0 Å². The molecular formula is C26H24N4O4S. The van der Waals surface area contributed by atoms with E-state index in [1.165, 1.54) is 11.3 Å². The fourth-order valence-corrected chi connectivity index (χ4v) is 4.72. The maximum atomic E-state index is 13.4. The minimum absolute atomic E-state index is 0.255. The second-order valence-electron chi connectivity index (χ2n) is 7.82. The van der Waals surface area contributed by atoms with Crippen LogP contribution in [0.25, 0.3) is 16.3 Å². The van der Waals surface area contributed by atoms with Gasteiger partial charge in [-0.15, -0.1) is 11.3 Å². The molecule has 0 aliphatic carbocycles. The number of nitrogens with one attached hydrogen (secondary N) is 1. The second-order valence-corrected chi connectivity index (χ2v) is 8.77. The minimum atomic E-state index is -0.482. The summed E-state index contributed by atoms with van der Waals surface area (Å²) in [4.78, 5) is 20.5. The Morgan fingerprint density at radius 1 is 1.09 bits per heavy atom. The topological polar surface area (TPSA) is 89.7 Å². The summed E-state index contributed by atoms with van der Waals surface area (Å²) in [7, 11) is 1.62. The normalized spacial score (nSPS) is 15.8. The fourth-order valence-electron chi connectivity index (χ4n) is 4.07. The van der Waals surface area contributed by atoms with Gasteiger partial charge in [-0.3, -0.25) is 4.90 Å². The van der Waals surface area contributed by atoms with Crippen LogP contribution in [0.3, 0.4) is 0 Å². The van der Waals surface area contributed by atoms with E-state index in [0.29, 0.717) is 29.7 Å². The average Bonchev–Trinajstić information content (AvgIpc) is 3.57. The van der Waals surface area contributed by atoms with E-state index in [9.17, 15) is 4.79 Å². The number of nitrogens with zero attached hydrogens (tertiary/aromatic N) is 3. The lowest BCUT2D eigenvalue weighted by Crippen LogP contribution is -2.46. The highest BCUT2D eigenvalue weighted by atomic mass is 32.1. The van der Waals surface area contributed by atoms with Crippen LogP contribution in [0.15, 0.2) is 76.3 Å². The van der Waals surface area contributed by atoms with Crippen LogP contribution in [0.2, 0.25) is 0 Å². The van der Waals surface area contributed by atoms with E-state index in [1.54, 1.807) is 12.0 Å². The summed E-state index contributed by atoms with van der Waals surface area (Å²) >= 11 is 1.53. The third kappa shape index (κ3) is 4.38. The number of ether oxygens (including phenoxy) is 2. The Morgan fingerprint density at radius 3 is 2.49 bits per heavy atom. The molecule has 1 aliphatic rings. The predicted molar refractivity (Wildman–Crippen MR) is 135 cm³/mol. The number of urea groups is 1. The molecule has 2 aromatic carbocycles. The Kier molecular flexibility index (Phi) is 6.24. The lowest BCUT2D eigenvalue weighted by Gasteiger charge is -2.35. The van der Waals surface area contributed by atoms with Gasteiger partial charge in [0.05, 0.1) is 35.9 Å². The number of aromatic nitrogens is 2. The molecule has 8 nitrogen and oxygen atoms in total. The van der Waals surface area contributed by atoms with Crippen molar-refractivity contribution < 1.29 is 18.8 Å². The van der Waals surface area contributed by atoms with Crippen molar-refractivity contribution in [2.75, 3.05) is 18.6 Å². The third-order valence-corrected chi connectivity index (χ3v) is 6.60. The van der Waals surface area contributed by atoms with E-state index in [2.05, 4.69) is 15.5 Å². The van der Waals surface area contributed by atoms with Crippen LogP contribution in [-0.4, -0.2) is 29.9 Å². The summed E-state index contributed by atoms with van der Waals surface area (Å²) in [6, 6.07) is 18.1. The quantitative estimate of drug-likeness (QED) is 0.348. The summed E-state index contributed by atoms with van der Waals surface area (Å²) in [6.45, 7) is 4.38. The zero-order chi connectivity index (χ0) is 24.4. The highest BCUT2D eigenvalue weighted by molar-refractivity contribution is 7.13. The van der Waals surface area contributed by atoms with Gasteiger partial charge in [0.1, 0.15) is 11.5 Å². The Labute approximate surface area is 206 Å². The zero-order valence-electron chi connectivity index (χ0n) is 19.5. The van der Waals surface area contributed by atoms with Gasteiger partial charge >= 0.3 is 6.03 Å². The van der Waals surface area contributed by atoms with Crippen molar-refractivity contribution in [3.05, 3.63) is 83.2 Å². The first-order valence-corrected chi connectivity index (χ1v) is 12.0. The number of amides is 2. The van der Waals surface area contributed by atoms with Crippen LogP contribution in [0.1, 0.15) is 31.3 Å². The summed E-state index contributed by atoms with van der Waals surface area (Å²) < 4.78 is 16.6. The van der Waals surface area contributed by atoms with Gasteiger partial charge in [-0.1, -0.05) is 23.4 Å². The molecule has 2 amide bonds. The molecule has 0 radical (unpaired) electrons. The van der Waals surface area contributed by atoms with Crippen LogP contribution in [0.5, 0.6) is 11.5 Å². The van der Waals surface area contributed by atoms with Gasteiger partial charge < -0.3 is 19.3 Å². The number of hydrogen-bond donors (Lipinski definition) is 1. The Bertz CT molecular complexity index is 1350. The van der Waals surface area contributed by atoms with E-state index in [1.807, 2.05) is 79.9 Å². The van der Waals surface area contributed by atoms with Crippen molar-refractivity contribution in [2.45, 2.75) is 19.9 Å². The van der Waals surface area contributed by atoms with E-state index in [0.717, 1.165) is 27.5 Å². The van der Waals surface area contributed by atoms with E-state index < -0.39 is 6.04 Å². The van der Waals surface area contributed by atoms with Crippen molar-refractivity contribution in [3.63, 3.8) is 0 Å². The number of hydrogen-bond acceptors (Lipinski definition) is 7. The molecule has 1 atom stereocenters. The minimum Gasteiger partial charge on any atom is -0.497 e. The lowest BCUT2D eigenvalue weighted by atomic mass is 9.94. The summed E-state index contributed by atoms with van der Waals surface area (Å²) in [5, 5.41) is 9.27. The Hall–Kier alpha value is -4.11. The van der Waals surface area contributed by atoms with Gasteiger partial charge in [0, 0.05) is 5.70 Å². The maximum absolute atomic E-state index is 13.4. The first-order chi connectivity index (χ1) is 17.1. The molecule has 3 heterocycles. The molecule has 1 N–H and O–H groups in total. The standard InChI is InChI=1S/C26H24N4O4S/c1-4-33-20-13-9-18(10-14-20)30-16(2)22(25-28-24(29-34-25)21-6-5-15-35-21)23(27-26(30)31)17-7-11-19(32-3)12-8-17/h5-15,23H,4H2,1-3H3,(H,27,31). The monoisotopic (exact) mass is 488 g/mol. The number of anilines is 1. The number of rotatable bonds is 7. The van der Waals surface area contributed by atoms with Gasteiger partial charge in [-0.05, 0) is 67.3 Å². The molecule has 178 valence electrons. The zero-order valence-corrected chi connectivity index (χ0v) is 20.3. The Balaban J connectivity index is 1.61. The van der Waals surface area contributed by atoms with Gasteiger partial charge in [-0.2, -0.15) is 4.98 Å². The van der Waals surface area contributed by atoms with Crippen LogP contribution in [0.4, 0.5) is 10.5 Å². The molecule has 2 aromatic heterocycles. The average molecular weight is 489 g/mol. The first kappa shape index (κ1) is 22.7. The van der Waals surface area contributed by atoms with Gasteiger partial charge in [-0.25, -0.2) is 4.79 Å². The molecule has 0 fully saturated rings. The molecule has 1 unspecified atom stereocenters. The molecule has 5 rings (SSSR count). The van der Waals surface area contributed by atoms with Crippen LogP contribution >= 0.6 is 11.3 Å². The van der Waals surface area contributed by atoms with Gasteiger partial charge in [0.25, 0.3) is 5.89 Å². The molecule has 9 heteroatoms. The number of allylic oxidation sites excluding steroid dienone is 1. The second kappa shape index (κ2) is 9.63. The Morgan fingerprint density at radius 2 is 1.83 bits per heavy atom. The molecule has 1 aliphatic heterocycles. The SMILES string of the molecule is CCOc1ccc(N2C(=O)NC(c3ccc(OC)cc3)C(c3nc(-c4cccs4)no3)=C2C)cc1. The number of carbonyl (C=O) groups is 1. The van der Waals surface area contributed by atoms with Crippen molar-refractivity contribution in [1.82, 2.24) is 15.5 Å². The first-order valence-electron chi connectivity index (χ1n) is 11.1. The molecule has 35 heavy (non-hydrogen) atoms. The molecular weight excluding hydrogens is 464 g/mol. The smallest absolute Gasteiger partial charge is 0.326 e. The fraction of sp³-hybridized carbons (Fsp3) is 0.192. The highest BCUT2D eigenvalue weighted by Gasteiger charge is 2.36. The van der Waals surface area contributed by atoms with Crippen molar-refractivity contribution >= 4 is 28.6 Å². The van der Waals surface area contributed by atoms with Crippen LogP contribution < -0.4 is 19.7 Å². The molecule has 4 aromatic rings. The number of carbonyl (C=O) groups excluding carboxylic acids is 1. The molecule has 0 bridgehead atoms. The summed E-state index contributed by atoms with van der Waals surface area (Å²) in [5.74, 6) is 2.33. The molecule has 0 saturated carbocycles. The largest absolute Gasteiger partial charge is 0.497 e. The summed E-state index contributed by atoms with van der Waals surface area (Å²) in [6.07, 6.45) is 0. The van der Waals surface area contributed by atoms with Crippen molar-refractivity contribution in [1.29, 1.82) is 0 Å². The summed E-state index contributed by atoms with van der Waals surface area (Å²) in [5.41, 5.74) is 2.99. The van der Waals surface area contributed by atoms with E-state index >= 15 is 0 Å². The van der Waals surface area contributed by atoms with Gasteiger partial charge in [0.2, 0.25) is 5.82 Å². The molecule has 0 spiro atoms. The lowest BCUT2D eigenvalue weighted by molar-refractivity contribution is 0.244.